The molecule has 1 heterocycles. The van der Waals surface area contributed by atoms with E-state index < -0.39 is 0 Å². The number of likely N-dealkylation sites (tertiary alicyclic amines) is 1. The molecule has 2 rings (SSSR count). The van der Waals surface area contributed by atoms with Crippen LogP contribution in [-0.4, -0.2) is 43.7 Å². The summed E-state index contributed by atoms with van der Waals surface area (Å²) in [6.07, 6.45) is 0. The number of rotatable bonds is 5. The van der Waals surface area contributed by atoms with E-state index in [1.165, 1.54) is 0 Å². The molecule has 24 heavy (non-hydrogen) atoms. The summed E-state index contributed by atoms with van der Waals surface area (Å²) >= 11 is 0. The minimum absolute atomic E-state index is 0.0886. The standard InChI is InChI=1S/C19H31N3O2/c1-8-24-15-10-9-14(11-16(15)23-7)12-21-17(20-6)22-13-18(2,3)19(22,4)5/h9-11H,8,12-13H2,1-7H3,(H,20,21). The van der Waals surface area contributed by atoms with E-state index in [0.717, 1.165) is 29.6 Å². The van der Waals surface area contributed by atoms with Gasteiger partial charge in [0.05, 0.1) is 13.7 Å². The monoisotopic (exact) mass is 333 g/mol. The van der Waals surface area contributed by atoms with E-state index in [2.05, 4.69) is 49.0 Å². The number of hydrogen-bond donors (Lipinski definition) is 1. The van der Waals surface area contributed by atoms with Crippen molar-refractivity contribution in [3.8, 4) is 11.5 Å². The molecule has 134 valence electrons. The average Bonchev–Trinajstić information content (AvgIpc) is 2.55. The van der Waals surface area contributed by atoms with Gasteiger partial charge in [-0.2, -0.15) is 0 Å². The number of benzene rings is 1. The Morgan fingerprint density at radius 3 is 2.46 bits per heavy atom. The molecule has 0 atom stereocenters. The van der Waals surface area contributed by atoms with Crippen LogP contribution < -0.4 is 14.8 Å². The van der Waals surface area contributed by atoms with Crippen molar-refractivity contribution < 1.29 is 9.47 Å². The lowest BCUT2D eigenvalue weighted by molar-refractivity contribution is -0.0667. The van der Waals surface area contributed by atoms with Crippen LogP contribution in [0.1, 0.15) is 40.2 Å². The van der Waals surface area contributed by atoms with Gasteiger partial charge in [0.15, 0.2) is 17.5 Å². The lowest BCUT2D eigenvalue weighted by Crippen LogP contribution is -2.72. The summed E-state index contributed by atoms with van der Waals surface area (Å²) in [7, 11) is 3.50. The zero-order valence-electron chi connectivity index (χ0n) is 16.1. The number of guanidine groups is 1. The van der Waals surface area contributed by atoms with Crippen LogP contribution in [0.2, 0.25) is 0 Å². The number of hydrogen-bond acceptors (Lipinski definition) is 3. The predicted molar refractivity (Wildman–Crippen MR) is 98.9 cm³/mol. The smallest absolute Gasteiger partial charge is 0.194 e. The number of aliphatic imine (C=N–C) groups is 1. The van der Waals surface area contributed by atoms with Crippen molar-refractivity contribution >= 4 is 5.96 Å². The maximum atomic E-state index is 5.57. The quantitative estimate of drug-likeness (QED) is 0.663. The zero-order valence-corrected chi connectivity index (χ0v) is 16.1. The Morgan fingerprint density at radius 2 is 1.96 bits per heavy atom. The fraction of sp³-hybridized carbons (Fsp3) is 0.632. The topological polar surface area (TPSA) is 46.1 Å². The van der Waals surface area contributed by atoms with Crippen LogP contribution in [0.25, 0.3) is 0 Å². The summed E-state index contributed by atoms with van der Waals surface area (Å²) in [5.41, 5.74) is 1.51. The first kappa shape index (κ1) is 18.4. The molecule has 0 radical (unpaired) electrons. The summed E-state index contributed by atoms with van der Waals surface area (Å²) in [6, 6.07) is 6.02. The van der Waals surface area contributed by atoms with Crippen molar-refractivity contribution in [1.82, 2.24) is 10.2 Å². The number of ether oxygens (including phenoxy) is 2. The summed E-state index contributed by atoms with van der Waals surface area (Å²) < 4.78 is 11.0. The van der Waals surface area contributed by atoms with Gasteiger partial charge in [-0.1, -0.05) is 19.9 Å². The van der Waals surface area contributed by atoms with Crippen LogP contribution in [0, 0.1) is 5.41 Å². The largest absolute Gasteiger partial charge is 0.493 e. The van der Waals surface area contributed by atoms with Crippen LogP contribution >= 0.6 is 0 Å². The van der Waals surface area contributed by atoms with E-state index in [4.69, 9.17) is 9.47 Å². The summed E-state index contributed by atoms with van der Waals surface area (Å²) in [4.78, 5) is 6.78. The molecule has 5 nitrogen and oxygen atoms in total. The highest BCUT2D eigenvalue weighted by atomic mass is 16.5. The SMILES string of the molecule is CCOc1ccc(CNC(=NC)N2CC(C)(C)C2(C)C)cc1OC. The Balaban J connectivity index is 2.05. The molecule has 1 aromatic rings. The Labute approximate surface area is 146 Å². The maximum absolute atomic E-state index is 5.57. The molecule has 1 fully saturated rings. The molecular formula is C19H31N3O2. The predicted octanol–water partition coefficient (Wildman–Crippen LogP) is 3.29. The van der Waals surface area contributed by atoms with Crippen LogP contribution in [0.4, 0.5) is 0 Å². The van der Waals surface area contributed by atoms with Gasteiger partial charge >= 0.3 is 0 Å². The van der Waals surface area contributed by atoms with Crippen molar-refractivity contribution in [3.05, 3.63) is 23.8 Å². The normalized spacial score (nSPS) is 18.8. The van der Waals surface area contributed by atoms with E-state index in [1.807, 2.05) is 26.1 Å². The number of nitrogens with one attached hydrogen (secondary N) is 1. The van der Waals surface area contributed by atoms with Crippen LogP contribution in [0.5, 0.6) is 11.5 Å². The van der Waals surface area contributed by atoms with E-state index in [9.17, 15) is 0 Å². The highest BCUT2D eigenvalue weighted by Gasteiger charge is 2.53. The second-order valence-electron chi connectivity index (χ2n) is 7.35. The van der Waals surface area contributed by atoms with E-state index in [1.54, 1.807) is 7.11 Å². The molecule has 1 aromatic carbocycles. The molecular weight excluding hydrogens is 302 g/mol. The Bertz CT molecular complexity index is 609. The first-order valence-electron chi connectivity index (χ1n) is 8.55. The maximum Gasteiger partial charge on any atom is 0.194 e. The fourth-order valence-corrected chi connectivity index (χ4v) is 2.97. The van der Waals surface area contributed by atoms with E-state index in [-0.39, 0.29) is 11.0 Å². The molecule has 1 saturated heterocycles. The van der Waals surface area contributed by atoms with Crippen molar-refractivity contribution in [2.75, 3.05) is 27.3 Å². The lowest BCUT2D eigenvalue weighted by Gasteiger charge is -2.62. The Morgan fingerprint density at radius 1 is 1.25 bits per heavy atom. The molecule has 0 bridgehead atoms. The zero-order chi connectivity index (χ0) is 18.0. The molecule has 1 aliphatic heterocycles. The second-order valence-corrected chi connectivity index (χ2v) is 7.35. The van der Waals surface area contributed by atoms with Gasteiger partial charge in [0.2, 0.25) is 0 Å². The fourth-order valence-electron chi connectivity index (χ4n) is 2.97. The van der Waals surface area contributed by atoms with Gasteiger partial charge in [-0.15, -0.1) is 0 Å². The van der Waals surface area contributed by atoms with Gasteiger partial charge < -0.3 is 19.7 Å². The summed E-state index contributed by atoms with van der Waals surface area (Å²) in [5, 5.41) is 3.46. The molecule has 5 heteroatoms. The van der Waals surface area contributed by atoms with E-state index >= 15 is 0 Å². The molecule has 0 aliphatic carbocycles. The minimum Gasteiger partial charge on any atom is -0.493 e. The average molecular weight is 333 g/mol. The van der Waals surface area contributed by atoms with Gasteiger partial charge in [-0.25, -0.2) is 0 Å². The Kier molecular flexibility index (Phi) is 5.31. The molecule has 0 spiro atoms. The van der Waals surface area contributed by atoms with Gasteiger partial charge in [-0.05, 0) is 38.5 Å². The molecule has 0 amide bonds. The third kappa shape index (κ3) is 3.30. The molecule has 0 aromatic heterocycles. The Hall–Kier alpha value is -1.91. The van der Waals surface area contributed by atoms with Crippen LogP contribution in [0.15, 0.2) is 23.2 Å². The minimum atomic E-state index is 0.0886. The van der Waals surface area contributed by atoms with Gasteiger partial charge in [0, 0.05) is 31.1 Å². The molecule has 0 saturated carbocycles. The first-order chi connectivity index (χ1) is 11.3. The highest BCUT2D eigenvalue weighted by molar-refractivity contribution is 5.82. The second kappa shape index (κ2) is 6.91. The van der Waals surface area contributed by atoms with Crippen LogP contribution in [-0.2, 0) is 6.54 Å². The summed E-state index contributed by atoms with van der Waals surface area (Å²) in [5.74, 6) is 2.47. The number of nitrogens with zero attached hydrogens (tertiary/aromatic N) is 2. The highest BCUT2D eigenvalue weighted by Crippen LogP contribution is 2.46. The van der Waals surface area contributed by atoms with Crippen molar-refractivity contribution in [2.24, 2.45) is 10.4 Å². The van der Waals surface area contributed by atoms with Crippen molar-refractivity contribution in [2.45, 2.75) is 46.7 Å². The van der Waals surface area contributed by atoms with Crippen molar-refractivity contribution in [3.63, 3.8) is 0 Å². The third-order valence-corrected chi connectivity index (χ3v) is 5.33. The first-order valence-corrected chi connectivity index (χ1v) is 8.55. The molecule has 1 aliphatic rings. The van der Waals surface area contributed by atoms with E-state index in [0.29, 0.717) is 13.2 Å². The van der Waals surface area contributed by atoms with Crippen molar-refractivity contribution in [1.29, 1.82) is 0 Å². The van der Waals surface area contributed by atoms with Crippen LogP contribution in [0.3, 0.4) is 0 Å². The lowest BCUT2D eigenvalue weighted by atomic mass is 9.65. The van der Waals surface area contributed by atoms with Gasteiger partial charge in [0.1, 0.15) is 0 Å². The third-order valence-electron chi connectivity index (χ3n) is 5.33. The molecule has 0 unspecified atom stereocenters. The molecule has 1 N–H and O–H groups in total. The summed E-state index contributed by atoms with van der Waals surface area (Å²) in [6.45, 7) is 13.4. The van der Waals surface area contributed by atoms with Gasteiger partial charge in [0.25, 0.3) is 0 Å². The number of methoxy groups -OCH3 is 1. The van der Waals surface area contributed by atoms with Gasteiger partial charge in [-0.3, -0.25) is 4.99 Å².